The first kappa shape index (κ1) is 63.1. The molecule has 3 aromatic carbocycles. The lowest BCUT2D eigenvalue weighted by Gasteiger charge is -2.33. The topological polar surface area (TPSA) is 283 Å². The highest BCUT2D eigenvalue weighted by Gasteiger charge is 2.50. The first-order chi connectivity index (χ1) is 41.9. The molecule has 22 nitrogen and oxygen atoms in total. The fourth-order valence-electron chi connectivity index (χ4n) is 13.3. The van der Waals surface area contributed by atoms with Crippen molar-refractivity contribution in [2.24, 2.45) is 11.8 Å². The van der Waals surface area contributed by atoms with Crippen LogP contribution in [-0.2, 0) is 54.7 Å². The average Bonchev–Trinajstić information content (AvgIpc) is 2.18. The lowest BCUT2D eigenvalue weighted by molar-refractivity contribution is -0.144. The maximum Gasteiger partial charge on any atom is 0.246 e. The van der Waals surface area contributed by atoms with E-state index in [0.717, 1.165) is 49.7 Å². The van der Waals surface area contributed by atoms with Crippen molar-refractivity contribution < 1.29 is 39.0 Å². The molecule has 86 heavy (non-hydrogen) atoms. The summed E-state index contributed by atoms with van der Waals surface area (Å²) in [7, 11) is 3.40. The molecule has 4 fully saturated rings. The summed E-state index contributed by atoms with van der Waals surface area (Å²) in [5.74, 6) is -2.79. The van der Waals surface area contributed by atoms with Crippen molar-refractivity contribution in [2.75, 3.05) is 27.3 Å². The molecule has 6 amide bonds. The van der Waals surface area contributed by atoms with Crippen LogP contribution >= 0.6 is 0 Å². The molecule has 4 saturated heterocycles. The van der Waals surface area contributed by atoms with Gasteiger partial charge in [0.05, 0.1) is 36.6 Å². The fraction of sp³-hybridized carbons (Fsp3) is 0.562. The Morgan fingerprint density at radius 2 is 0.919 bits per heavy atom. The number of aromatic nitrogens is 6. The summed E-state index contributed by atoms with van der Waals surface area (Å²) < 4.78 is 3.63. The predicted molar refractivity (Wildman–Crippen MR) is 322 cm³/mol. The molecule has 8 N–H and O–H groups in total. The first-order valence-electron chi connectivity index (χ1n) is 31.3. The van der Waals surface area contributed by atoms with E-state index >= 15 is 0 Å². The number of fused-ring (bicyclic) bond motifs is 2. The maximum absolute atomic E-state index is 14.4. The second-order valence-electron chi connectivity index (χ2n) is 23.7. The molecule has 4 aliphatic heterocycles. The highest BCUT2D eigenvalue weighted by Crippen LogP contribution is 2.37. The van der Waals surface area contributed by atoms with Crippen molar-refractivity contribution in [3.63, 3.8) is 0 Å². The van der Waals surface area contributed by atoms with E-state index in [2.05, 4.69) is 76.8 Å². The second kappa shape index (κ2) is 30.3. The number of aryl methyl sites for hydroxylation is 4. The van der Waals surface area contributed by atoms with Crippen molar-refractivity contribution in [1.82, 2.24) is 71.7 Å². The van der Waals surface area contributed by atoms with Crippen molar-refractivity contribution in [1.29, 1.82) is 0 Å². The third-order valence-electron chi connectivity index (χ3n) is 18.3. The number of carbonyl (C=O) groups is 6. The first-order valence-corrected chi connectivity index (χ1v) is 31.3. The number of nitrogens with one attached hydrogen (secondary N) is 6. The van der Waals surface area contributed by atoms with Crippen LogP contribution in [-0.4, -0.2) is 161 Å². The molecular weight excluding hydrogens is 1090 g/mol. The van der Waals surface area contributed by atoms with Crippen molar-refractivity contribution in [3.8, 4) is 0 Å². The molecule has 0 bridgehead atoms. The lowest BCUT2D eigenvalue weighted by atomic mass is 9.93. The summed E-state index contributed by atoms with van der Waals surface area (Å²) >= 11 is 0. The third kappa shape index (κ3) is 15.0. The zero-order valence-corrected chi connectivity index (χ0v) is 50.2. The van der Waals surface area contributed by atoms with Gasteiger partial charge in [-0.2, -0.15) is 0 Å². The van der Waals surface area contributed by atoms with Crippen molar-refractivity contribution >= 4 is 35.4 Å². The molecule has 0 aliphatic carbocycles. The van der Waals surface area contributed by atoms with Crippen LogP contribution in [0.4, 0.5) is 0 Å². The van der Waals surface area contributed by atoms with Crippen molar-refractivity contribution in [3.05, 3.63) is 131 Å². The quantitative estimate of drug-likeness (QED) is 0.0331. The normalized spacial score (nSPS) is 23.5. The second-order valence-corrected chi connectivity index (χ2v) is 23.7. The Morgan fingerprint density at radius 1 is 0.535 bits per heavy atom. The van der Waals surface area contributed by atoms with E-state index in [-0.39, 0.29) is 60.7 Å². The van der Waals surface area contributed by atoms with Crippen LogP contribution in [0, 0.1) is 11.8 Å². The molecule has 9 rings (SSSR count). The minimum absolute atomic E-state index is 0.172. The number of rotatable bonds is 28. The van der Waals surface area contributed by atoms with Crippen LogP contribution in [0.5, 0.6) is 0 Å². The van der Waals surface area contributed by atoms with Crippen LogP contribution in [0.15, 0.2) is 97.3 Å². The summed E-state index contributed by atoms with van der Waals surface area (Å²) in [6.45, 7) is 4.56. The number of unbranched alkanes of at least 4 members (excludes halogenated alkanes) is 2. The largest absolute Gasteiger partial charge is 0.396 e. The molecule has 462 valence electrons. The van der Waals surface area contributed by atoms with Crippen LogP contribution in [0.3, 0.4) is 0 Å². The van der Waals surface area contributed by atoms with E-state index in [9.17, 15) is 39.0 Å². The molecule has 1 unspecified atom stereocenters. The molecule has 0 saturated carbocycles. The number of nitrogens with zero attached hydrogens (tertiary/aromatic N) is 8. The Balaban J connectivity index is 0.740. The Kier molecular flexibility index (Phi) is 22.2. The highest BCUT2D eigenvalue weighted by atomic mass is 16.3. The van der Waals surface area contributed by atoms with Gasteiger partial charge >= 0.3 is 0 Å². The Morgan fingerprint density at radius 3 is 1.28 bits per heavy atom. The van der Waals surface area contributed by atoms with E-state index in [1.165, 1.54) is 11.1 Å². The average molecular weight is 1180 g/mol. The van der Waals surface area contributed by atoms with Gasteiger partial charge in [-0.05, 0) is 139 Å². The third-order valence-corrected chi connectivity index (χ3v) is 18.3. The molecule has 6 heterocycles. The smallest absolute Gasteiger partial charge is 0.246 e. The lowest BCUT2D eigenvalue weighted by Crippen LogP contribution is -2.58. The summed E-state index contributed by atoms with van der Waals surface area (Å²) in [5.41, 5.74) is 5.34. The zero-order valence-electron chi connectivity index (χ0n) is 50.2. The number of hydrogen-bond donors (Lipinski definition) is 8. The Hall–Kier alpha value is -7.40. The summed E-state index contributed by atoms with van der Waals surface area (Å²) in [6, 6.07) is 22.1. The summed E-state index contributed by atoms with van der Waals surface area (Å²) in [4.78, 5) is 87.0. The van der Waals surface area contributed by atoms with Gasteiger partial charge in [0.1, 0.15) is 35.6 Å². The van der Waals surface area contributed by atoms with Gasteiger partial charge in [0.25, 0.3) is 0 Å². The summed E-state index contributed by atoms with van der Waals surface area (Å²) in [5, 5.41) is 56.9. The standard InChI is InChI=1S/C64H88N14O8/c1-5-49(65-3)59(81)69-57-45(39-79)27-29-47-31-33-53(77(47)63(57)85)61(83)67-55(43-19-9-7-10-20-43)51-37-75(73-71-51)35-15-13-17-41-23-25-42(26-24-41)18-14-16-36-76-38-52(72-74-76)56(44-21-11-8-12-22-44)68-62(84)54-34-32-48-30-28-46(40-80)58(64(86)78(48)54)70-60(82)50(6-2)66-4/h7-12,19-26,37-38,45-50,53-58,65-66,79-80H,5-6,13-18,27-36,39-40H2,1-4H3,(H,67,83)(H,68,84)(H,69,81)(H,70,82)/t45-,46-,47+,48+,49+,50+,53+,54?,55+,56+,57+,58+/m1/s1. The number of aliphatic hydroxyl groups excluding tert-OH is 2. The highest BCUT2D eigenvalue weighted by molar-refractivity contribution is 5.95. The zero-order chi connectivity index (χ0) is 60.7. The van der Waals surface area contributed by atoms with Gasteiger partial charge in [-0.15, -0.1) is 10.2 Å². The molecule has 4 aliphatic rings. The molecule has 2 aromatic heterocycles. The molecule has 5 aromatic rings. The van der Waals surface area contributed by atoms with Crippen LogP contribution in [0.25, 0.3) is 0 Å². The van der Waals surface area contributed by atoms with E-state index in [0.29, 0.717) is 88.7 Å². The van der Waals surface area contributed by atoms with Gasteiger partial charge in [-0.25, -0.2) is 0 Å². The Labute approximate surface area is 504 Å². The number of hydrogen-bond acceptors (Lipinski definition) is 14. The number of likely N-dealkylation sites (N-methyl/N-ethyl adjacent to an activating group) is 2. The minimum Gasteiger partial charge on any atom is -0.396 e. The van der Waals surface area contributed by atoms with E-state index in [4.69, 9.17) is 0 Å². The minimum atomic E-state index is -0.940. The maximum atomic E-state index is 14.4. The number of aliphatic hydroxyl groups is 2. The number of amides is 6. The SMILES string of the molecule is CC[C@H](NC)C(=O)N[C@@H]1C(=O)N2C(C(=O)N[C@@H](c3ccccc3)c3cn(CCCCc4ccc(CCCCn5cc([C@@H](NC(=O)[C@@H]6CC[C@@H]7CC[C@H](CO)[C@H](NC(=O)[C@H](CC)NC)C(=O)N76)c6ccccc6)nn5)cc4)nn3)CC[C@@H]2CC[C@@H]1CO. The van der Waals surface area contributed by atoms with Gasteiger partial charge in [-0.1, -0.05) is 109 Å². The molecule has 12 atom stereocenters. The predicted octanol–water partition coefficient (Wildman–Crippen LogP) is 3.82. The number of carbonyl (C=O) groups excluding carboxylic acids is 6. The number of benzene rings is 3. The van der Waals surface area contributed by atoms with E-state index < -0.39 is 60.2 Å². The van der Waals surface area contributed by atoms with Crippen molar-refractivity contribution in [2.45, 2.75) is 190 Å². The van der Waals surface area contributed by atoms with E-state index in [1.807, 2.05) is 96.3 Å². The van der Waals surface area contributed by atoms with Gasteiger partial charge in [0.15, 0.2) is 0 Å². The molecule has 0 spiro atoms. The van der Waals surface area contributed by atoms with Gasteiger partial charge in [-0.3, -0.25) is 38.1 Å². The van der Waals surface area contributed by atoms with Crippen LogP contribution < -0.4 is 31.9 Å². The van der Waals surface area contributed by atoms with Crippen LogP contribution in [0.2, 0.25) is 0 Å². The molecule has 0 radical (unpaired) electrons. The summed E-state index contributed by atoms with van der Waals surface area (Å²) in [6.07, 6.45) is 14.9. The molecular formula is C64H88N14O8. The molecule has 22 heteroatoms. The van der Waals surface area contributed by atoms with Gasteiger partial charge in [0, 0.05) is 50.2 Å². The van der Waals surface area contributed by atoms with Gasteiger partial charge in [0.2, 0.25) is 35.4 Å². The van der Waals surface area contributed by atoms with Crippen LogP contribution in [0.1, 0.15) is 149 Å². The Bertz CT molecular complexity index is 2820. The van der Waals surface area contributed by atoms with E-state index in [1.54, 1.807) is 23.9 Å². The fourth-order valence-corrected chi connectivity index (χ4v) is 13.3. The monoisotopic (exact) mass is 1180 g/mol. The van der Waals surface area contributed by atoms with Gasteiger partial charge < -0.3 is 51.9 Å².